The third-order valence-corrected chi connectivity index (χ3v) is 3.37. The first-order valence-corrected chi connectivity index (χ1v) is 6.94. The van der Waals surface area contributed by atoms with Gasteiger partial charge in [-0.3, -0.25) is 4.98 Å². The quantitative estimate of drug-likeness (QED) is 0.891. The van der Waals surface area contributed by atoms with Crippen LogP contribution in [0.25, 0.3) is 0 Å². The molecule has 1 N–H and O–H groups in total. The van der Waals surface area contributed by atoms with Crippen molar-refractivity contribution in [2.24, 2.45) is 0 Å². The van der Waals surface area contributed by atoms with Gasteiger partial charge in [0.15, 0.2) is 0 Å². The first-order valence-electron chi connectivity index (χ1n) is 6.56. The highest BCUT2D eigenvalue weighted by atomic mass is 35.5. The Morgan fingerprint density at radius 1 is 1.11 bits per heavy atom. The van der Waals surface area contributed by atoms with Gasteiger partial charge in [0.05, 0.1) is 5.69 Å². The van der Waals surface area contributed by atoms with Crippen molar-refractivity contribution in [2.75, 3.05) is 0 Å². The molecule has 0 saturated heterocycles. The largest absolute Gasteiger partial charge is 0.306 e. The minimum Gasteiger partial charge on any atom is -0.306 e. The first kappa shape index (κ1) is 14.0. The van der Waals surface area contributed by atoms with Crippen molar-refractivity contribution in [3.8, 4) is 0 Å². The molecule has 19 heavy (non-hydrogen) atoms. The number of aromatic nitrogens is 1. The standard InChI is InChI=1S/C16H19ClN2/c1-12(11-14-6-8-15(17)9-7-14)19-13(2)16-5-3-4-10-18-16/h3-10,12-13,19H,11H2,1-2H3/t12?,13-/m0/s1. The van der Waals surface area contributed by atoms with Crippen molar-refractivity contribution in [3.05, 3.63) is 64.9 Å². The Labute approximate surface area is 119 Å². The fraction of sp³-hybridized carbons (Fsp3) is 0.312. The molecular formula is C16H19ClN2. The van der Waals surface area contributed by atoms with Crippen LogP contribution in [0.1, 0.15) is 31.1 Å². The molecule has 3 heteroatoms. The number of pyridine rings is 1. The summed E-state index contributed by atoms with van der Waals surface area (Å²) in [5.74, 6) is 0. The Bertz CT molecular complexity index is 496. The zero-order valence-corrected chi connectivity index (χ0v) is 12.1. The van der Waals surface area contributed by atoms with Crippen molar-refractivity contribution in [2.45, 2.75) is 32.4 Å². The average Bonchev–Trinajstić information content (AvgIpc) is 2.42. The smallest absolute Gasteiger partial charge is 0.0570 e. The predicted molar refractivity (Wildman–Crippen MR) is 80.4 cm³/mol. The van der Waals surface area contributed by atoms with E-state index in [1.54, 1.807) is 0 Å². The lowest BCUT2D eigenvalue weighted by Gasteiger charge is -2.19. The number of nitrogens with zero attached hydrogens (tertiary/aromatic N) is 1. The van der Waals surface area contributed by atoms with Gasteiger partial charge in [0.25, 0.3) is 0 Å². The van der Waals surface area contributed by atoms with Gasteiger partial charge in [0.2, 0.25) is 0 Å². The van der Waals surface area contributed by atoms with Crippen LogP contribution in [0.5, 0.6) is 0 Å². The molecule has 0 aliphatic heterocycles. The summed E-state index contributed by atoms with van der Waals surface area (Å²) in [6.45, 7) is 4.33. The number of nitrogens with one attached hydrogen (secondary N) is 1. The summed E-state index contributed by atoms with van der Waals surface area (Å²) < 4.78 is 0. The third-order valence-electron chi connectivity index (χ3n) is 3.12. The van der Waals surface area contributed by atoms with Crippen LogP contribution in [-0.4, -0.2) is 11.0 Å². The van der Waals surface area contributed by atoms with Crippen LogP contribution in [-0.2, 0) is 6.42 Å². The first-order chi connectivity index (χ1) is 9.15. The van der Waals surface area contributed by atoms with Gasteiger partial charge in [-0.25, -0.2) is 0 Å². The summed E-state index contributed by atoms with van der Waals surface area (Å²) in [4.78, 5) is 4.37. The minimum atomic E-state index is 0.253. The maximum absolute atomic E-state index is 5.89. The second-order valence-corrected chi connectivity index (χ2v) is 5.31. The van der Waals surface area contributed by atoms with E-state index in [0.29, 0.717) is 6.04 Å². The van der Waals surface area contributed by atoms with Crippen molar-refractivity contribution >= 4 is 11.6 Å². The highest BCUT2D eigenvalue weighted by Crippen LogP contribution is 2.13. The molecule has 100 valence electrons. The maximum atomic E-state index is 5.89. The lowest BCUT2D eigenvalue weighted by atomic mass is 10.1. The number of hydrogen-bond acceptors (Lipinski definition) is 2. The molecule has 1 heterocycles. The molecule has 2 aromatic rings. The Balaban J connectivity index is 1.90. The van der Waals surface area contributed by atoms with Gasteiger partial charge in [-0.15, -0.1) is 0 Å². The Hall–Kier alpha value is -1.38. The van der Waals surface area contributed by atoms with Crippen LogP contribution in [0, 0.1) is 0 Å². The topological polar surface area (TPSA) is 24.9 Å². The summed E-state index contributed by atoms with van der Waals surface area (Å²) in [5.41, 5.74) is 2.36. The monoisotopic (exact) mass is 274 g/mol. The van der Waals surface area contributed by atoms with E-state index in [1.807, 2.05) is 36.5 Å². The molecule has 0 radical (unpaired) electrons. The molecule has 0 saturated carbocycles. The van der Waals surface area contributed by atoms with Crippen LogP contribution in [0.4, 0.5) is 0 Å². The summed E-state index contributed by atoms with van der Waals surface area (Å²) in [7, 11) is 0. The molecule has 1 aromatic carbocycles. The SMILES string of the molecule is CC(Cc1ccc(Cl)cc1)N[C@@H](C)c1ccccn1. The highest BCUT2D eigenvalue weighted by molar-refractivity contribution is 6.30. The maximum Gasteiger partial charge on any atom is 0.0570 e. The number of hydrogen-bond donors (Lipinski definition) is 1. The number of rotatable bonds is 5. The predicted octanol–water partition coefficient (Wildman–Crippen LogP) is 4.02. The van der Waals surface area contributed by atoms with Crippen LogP contribution in [0.3, 0.4) is 0 Å². The molecule has 0 bridgehead atoms. The minimum absolute atomic E-state index is 0.253. The Morgan fingerprint density at radius 3 is 2.47 bits per heavy atom. The molecule has 0 aliphatic rings. The van der Waals surface area contributed by atoms with E-state index in [0.717, 1.165) is 17.1 Å². The van der Waals surface area contributed by atoms with E-state index in [1.165, 1.54) is 5.56 Å². The van der Waals surface area contributed by atoms with Crippen LogP contribution >= 0.6 is 11.6 Å². The zero-order chi connectivity index (χ0) is 13.7. The molecule has 2 nitrogen and oxygen atoms in total. The fourth-order valence-electron chi connectivity index (χ4n) is 2.18. The molecule has 1 unspecified atom stereocenters. The normalized spacial score (nSPS) is 14.1. The summed E-state index contributed by atoms with van der Waals surface area (Å²) in [5, 5.41) is 4.35. The van der Waals surface area contributed by atoms with Gasteiger partial charge < -0.3 is 5.32 Å². The van der Waals surface area contributed by atoms with Crippen molar-refractivity contribution in [1.82, 2.24) is 10.3 Å². The summed E-state index contributed by atoms with van der Waals surface area (Å²) in [6.07, 6.45) is 2.81. The van der Waals surface area contributed by atoms with Crippen LogP contribution in [0.2, 0.25) is 5.02 Å². The molecular weight excluding hydrogens is 256 g/mol. The molecule has 2 rings (SSSR count). The average molecular weight is 275 g/mol. The van der Waals surface area contributed by atoms with E-state index < -0.39 is 0 Å². The van der Waals surface area contributed by atoms with Crippen molar-refractivity contribution in [1.29, 1.82) is 0 Å². The van der Waals surface area contributed by atoms with Gasteiger partial charge >= 0.3 is 0 Å². The van der Waals surface area contributed by atoms with E-state index in [4.69, 9.17) is 11.6 Å². The van der Waals surface area contributed by atoms with Gasteiger partial charge in [0, 0.05) is 23.3 Å². The zero-order valence-electron chi connectivity index (χ0n) is 11.3. The summed E-state index contributed by atoms with van der Waals surface area (Å²) >= 11 is 5.89. The fourth-order valence-corrected chi connectivity index (χ4v) is 2.30. The summed E-state index contributed by atoms with van der Waals surface area (Å²) in [6, 6.07) is 14.7. The third kappa shape index (κ3) is 4.34. The lowest BCUT2D eigenvalue weighted by Crippen LogP contribution is -2.31. The van der Waals surface area contributed by atoms with Gasteiger partial charge in [-0.1, -0.05) is 29.8 Å². The second-order valence-electron chi connectivity index (χ2n) is 4.87. The lowest BCUT2D eigenvalue weighted by molar-refractivity contribution is 0.470. The van der Waals surface area contributed by atoms with E-state index in [2.05, 4.69) is 36.3 Å². The van der Waals surface area contributed by atoms with E-state index in [9.17, 15) is 0 Å². The van der Waals surface area contributed by atoms with Gasteiger partial charge in [-0.2, -0.15) is 0 Å². The molecule has 2 atom stereocenters. The number of halogens is 1. The molecule has 1 aromatic heterocycles. The molecule has 0 amide bonds. The second kappa shape index (κ2) is 6.69. The van der Waals surface area contributed by atoms with Gasteiger partial charge in [-0.05, 0) is 50.1 Å². The Morgan fingerprint density at radius 2 is 1.84 bits per heavy atom. The van der Waals surface area contributed by atoms with Crippen molar-refractivity contribution in [3.63, 3.8) is 0 Å². The van der Waals surface area contributed by atoms with E-state index in [-0.39, 0.29) is 6.04 Å². The molecule has 0 fully saturated rings. The van der Waals surface area contributed by atoms with E-state index >= 15 is 0 Å². The molecule has 0 spiro atoms. The molecule has 0 aliphatic carbocycles. The number of benzene rings is 1. The van der Waals surface area contributed by atoms with Gasteiger partial charge in [0.1, 0.15) is 0 Å². The highest BCUT2D eigenvalue weighted by Gasteiger charge is 2.10. The Kier molecular flexibility index (Phi) is 4.94. The van der Waals surface area contributed by atoms with Crippen molar-refractivity contribution < 1.29 is 0 Å². The van der Waals surface area contributed by atoms with Crippen LogP contribution in [0.15, 0.2) is 48.7 Å². The van der Waals surface area contributed by atoms with Crippen LogP contribution < -0.4 is 5.32 Å².